The lowest BCUT2D eigenvalue weighted by atomic mass is 9.64. The number of carbonyl (C=O) groups excluding carboxylic acids is 1. The zero-order chi connectivity index (χ0) is 8.85. The number of hydrogen-bond acceptors (Lipinski definition) is 1. The molecular formula is C9H17BO. The van der Waals surface area contributed by atoms with Gasteiger partial charge in [-0.3, -0.25) is 0 Å². The Bertz CT molecular complexity index is 152. The minimum Gasteiger partial charge on any atom is -0.307 e. The zero-order valence-corrected chi connectivity index (χ0v) is 7.81. The van der Waals surface area contributed by atoms with Gasteiger partial charge in [-0.2, -0.15) is 0 Å². The van der Waals surface area contributed by atoms with Crippen molar-refractivity contribution in [3.8, 4) is 0 Å². The number of carbonyl (C=O) groups is 1. The highest BCUT2D eigenvalue weighted by Crippen LogP contribution is 2.06. The largest absolute Gasteiger partial charge is 0.307 e. The smallest absolute Gasteiger partial charge is 0.211 e. The molecule has 0 spiro atoms. The summed E-state index contributed by atoms with van der Waals surface area (Å²) < 4.78 is 0. The van der Waals surface area contributed by atoms with Gasteiger partial charge < -0.3 is 4.79 Å². The first-order valence-corrected chi connectivity index (χ1v) is 4.26. The molecule has 0 radical (unpaired) electrons. The highest BCUT2D eigenvalue weighted by Gasteiger charge is 2.07. The molecule has 11 heavy (non-hydrogen) atoms. The predicted molar refractivity (Wildman–Crippen MR) is 51.2 cm³/mol. The molecule has 0 aromatic heterocycles. The first-order chi connectivity index (χ1) is 5.07. The molecule has 0 aromatic rings. The zero-order valence-electron chi connectivity index (χ0n) is 7.81. The first kappa shape index (κ1) is 10.5. The molecular weight excluding hydrogens is 135 g/mol. The molecule has 0 aliphatic carbocycles. The van der Waals surface area contributed by atoms with Crippen molar-refractivity contribution in [2.75, 3.05) is 0 Å². The maximum atomic E-state index is 11.1. The van der Waals surface area contributed by atoms with E-state index in [4.69, 9.17) is 0 Å². The SMILES string of the molecule is C=C(C)C(=O)BCC(C)CC. The van der Waals surface area contributed by atoms with E-state index in [1.807, 2.05) is 0 Å². The molecule has 0 rings (SSSR count). The van der Waals surface area contributed by atoms with Crippen LogP contribution >= 0.6 is 0 Å². The number of hydrogen-bond donors (Lipinski definition) is 0. The van der Waals surface area contributed by atoms with E-state index in [0.717, 1.165) is 12.7 Å². The molecule has 1 unspecified atom stereocenters. The Morgan fingerprint density at radius 1 is 1.64 bits per heavy atom. The van der Waals surface area contributed by atoms with E-state index in [0.29, 0.717) is 18.8 Å². The lowest BCUT2D eigenvalue weighted by Gasteiger charge is -2.04. The minimum atomic E-state index is 0.213. The van der Waals surface area contributed by atoms with Crippen molar-refractivity contribution >= 4 is 13.0 Å². The fraction of sp³-hybridized carbons (Fsp3) is 0.667. The first-order valence-electron chi connectivity index (χ1n) is 4.26. The summed E-state index contributed by atoms with van der Waals surface area (Å²) in [5.74, 6) is 0.665. The molecule has 0 aliphatic heterocycles. The molecule has 2 heteroatoms. The van der Waals surface area contributed by atoms with Crippen LogP contribution in [0.2, 0.25) is 6.32 Å². The summed E-state index contributed by atoms with van der Waals surface area (Å²) in [6.45, 7) is 9.71. The molecule has 0 bridgehead atoms. The summed E-state index contributed by atoms with van der Waals surface area (Å²) in [5, 5.41) is 0. The van der Waals surface area contributed by atoms with Gasteiger partial charge in [0.2, 0.25) is 7.28 Å². The molecule has 62 valence electrons. The van der Waals surface area contributed by atoms with Crippen LogP contribution in [0.3, 0.4) is 0 Å². The lowest BCUT2D eigenvalue weighted by molar-refractivity contribution is -0.108. The summed E-state index contributed by atoms with van der Waals surface area (Å²) in [5.41, 5.74) is 0.901. The number of rotatable bonds is 5. The summed E-state index contributed by atoms with van der Waals surface area (Å²) >= 11 is 0. The molecule has 0 heterocycles. The monoisotopic (exact) mass is 152 g/mol. The molecule has 0 amide bonds. The fourth-order valence-corrected chi connectivity index (χ4v) is 0.795. The van der Waals surface area contributed by atoms with E-state index in [9.17, 15) is 4.79 Å². The summed E-state index contributed by atoms with van der Waals surface area (Å²) in [7, 11) is 0.671. The van der Waals surface area contributed by atoms with Gasteiger partial charge in [0.25, 0.3) is 0 Å². The molecule has 0 aliphatic rings. The fourth-order valence-electron chi connectivity index (χ4n) is 0.795. The van der Waals surface area contributed by atoms with Crippen LogP contribution in [0.25, 0.3) is 0 Å². The van der Waals surface area contributed by atoms with Crippen molar-refractivity contribution in [2.45, 2.75) is 33.5 Å². The van der Waals surface area contributed by atoms with Crippen LogP contribution in [0.15, 0.2) is 12.2 Å². The second-order valence-corrected chi connectivity index (χ2v) is 3.26. The highest BCUT2D eigenvalue weighted by atomic mass is 16.1. The quantitative estimate of drug-likeness (QED) is 0.434. The molecule has 0 N–H and O–H groups in total. The van der Waals surface area contributed by atoms with Crippen molar-refractivity contribution in [1.29, 1.82) is 0 Å². The van der Waals surface area contributed by atoms with Gasteiger partial charge in [0.1, 0.15) is 5.68 Å². The Labute approximate surface area is 70.1 Å². The van der Waals surface area contributed by atoms with E-state index in [1.54, 1.807) is 6.92 Å². The average Bonchev–Trinajstić information content (AvgIpc) is 1.99. The predicted octanol–water partition coefficient (Wildman–Crippen LogP) is 1.99. The molecule has 0 saturated heterocycles. The van der Waals surface area contributed by atoms with Gasteiger partial charge >= 0.3 is 0 Å². The number of allylic oxidation sites excluding steroid dienone is 1. The van der Waals surface area contributed by atoms with Crippen molar-refractivity contribution < 1.29 is 4.79 Å². The Morgan fingerprint density at radius 3 is 2.55 bits per heavy atom. The van der Waals surface area contributed by atoms with Crippen molar-refractivity contribution in [2.24, 2.45) is 5.92 Å². The molecule has 0 fully saturated rings. The van der Waals surface area contributed by atoms with E-state index < -0.39 is 0 Å². The van der Waals surface area contributed by atoms with E-state index in [1.165, 1.54) is 0 Å². The summed E-state index contributed by atoms with van der Waals surface area (Å²) in [6, 6.07) is 0. The van der Waals surface area contributed by atoms with Crippen LogP contribution in [-0.4, -0.2) is 13.0 Å². The van der Waals surface area contributed by atoms with Crippen molar-refractivity contribution in [3.63, 3.8) is 0 Å². The summed E-state index contributed by atoms with van der Waals surface area (Å²) in [6.07, 6.45) is 2.16. The van der Waals surface area contributed by atoms with Gasteiger partial charge in [0, 0.05) is 0 Å². The second-order valence-electron chi connectivity index (χ2n) is 3.26. The molecule has 0 aromatic carbocycles. The average molecular weight is 152 g/mol. The van der Waals surface area contributed by atoms with Gasteiger partial charge in [-0.1, -0.05) is 39.1 Å². The normalized spacial score (nSPS) is 12.3. The van der Waals surface area contributed by atoms with Crippen LogP contribution in [0, 0.1) is 5.92 Å². The highest BCUT2D eigenvalue weighted by molar-refractivity contribution is 6.77. The Kier molecular flexibility index (Phi) is 4.92. The second kappa shape index (κ2) is 5.17. The third kappa shape index (κ3) is 4.82. The molecule has 0 saturated carbocycles. The summed E-state index contributed by atoms with van der Waals surface area (Å²) in [4.78, 5) is 11.1. The minimum absolute atomic E-state index is 0.213. The van der Waals surface area contributed by atoms with Crippen LogP contribution in [-0.2, 0) is 4.79 Å². The molecule has 1 atom stereocenters. The van der Waals surface area contributed by atoms with Gasteiger partial charge in [0.15, 0.2) is 0 Å². The van der Waals surface area contributed by atoms with Gasteiger partial charge in [-0.25, -0.2) is 0 Å². The van der Waals surface area contributed by atoms with Crippen molar-refractivity contribution in [1.82, 2.24) is 0 Å². The van der Waals surface area contributed by atoms with Crippen LogP contribution < -0.4 is 0 Å². The Morgan fingerprint density at radius 2 is 2.18 bits per heavy atom. The maximum absolute atomic E-state index is 11.1. The van der Waals surface area contributed by atoms with Crippen LogP contribution in [0.5, 0.6) is 0 Å². The Hall–Kier alpha value is -0.525. The van der Waals surface area contributed by atoms with E-state index >= 15 is 0 Å². The Balaban J connectivity index is 3.54. The van der Waals surface area contributed by atoms with Gasteiger partial charge in [-0.05, 0) is 12.5 Å². The third-order valence-electron chi connectivity index (χ3n) is 2.04. The standard InChI is InChI=1S/C9H17BO/c1-5-8(4)6-10-9(11)7(2)3/h8,10H,2,5-6H2,1,3-4H3. The topological polar surface area (TPSA) is 17.1 Å². The maximum Gasteiger partial charge on any atom is 0.211 e. The van der Waals surface area contributed by atoms with Crippen molar-refractivity contribution in [3.05, 3.63) is 12.2 Å². The van der Waals surface area contributed by atoms with Gasteiger partial charge in [-0.15, -0.1) is 0 Å². The van der Waals surface area contributed by atoms with Gasteiger partial charge in [0.05, 0.1) is 0 Å². The van der Waals surface area contributed by atoms with Crippen LogP contribution in [0.1, 0.15) is 27.2 Å². The third-order valence-corrected chi connectivity index (χ3v) is 2.04. The van der Waals surface area contributed by atoms with E-state index in [-0.39, 0.29) is 5.68 Å². The lowest BCUT2D eigenvalue weighted by Crippen LogP contribution is -2.11. The molecule has 1 nitrogen and oxygen atoms in total. The van der Waals surface area contributed by atoms with Crippen LogP contribution in [0.4, 0.5) is 0 Å². The van der Waals surface area contributed by atoms with E-state index in [2.05, 4.69) is 20.4 Å².